The molecule has 1 aliphatic rings. The largest absolute Gasteiger partial charge is 0.350 e. The van der Waals surface area contributed by atoms with E-state index in [1.54, 1.807) is 23.4 Å². The average Bonchev–Trinajstić information content (AvgIpc) is 3.18. The first-order valence-corrected chi connectivity index (χ1v) is 9.37. The third kappa shape index (κ3) is 3.63. The maximum atomic E-state index is 12.3. The number of carbonyl (C=O) groups is 2. The summed E-state index contributed by atoms with van der Waals surface area (Å²) >= 11 is 1.74. The molecule has 25 heavy (non-hydrogen) atoms. The molecule has 0 unspecified atom stereocenters. The summed E-state index contributed by atoms with van der Waals surface area (Å²) in [5.41, 5.74) is 3.06. The minimum Gasteiger partial charge on any atom is -0.350 e. The number of amides is 1. The number of fused-ring (bicyclic) bond motifs is 1. The summed E-state index contributed by atoms with van der Waals surface area (Å²) in [5, 5.41) is 8.38. The van der Waals surface area contributed by atoms with Crippen LogP contribution in [0.3, 0.4) is 0 Å². The summed E-state index contributed by atoms with van der Waals surface area (Å²) in [5.74, 6) is 1.02. The topological polar surface area (TPSA) is 81.8 Å². The number of imidazole rings is 1. The van der Waals surface area contributed by atoms with Crippen LogP contribution in [0.4, 0.5) is 0 Å². The van der Waals surface area contributed by atoms with Gasteiger partial charge in [-0.2, -0.15) is 5.10 Å². The van der Waals surface area contributed by atoms with Crippen molar-refractivity contribution in [2.45, 2.75) is 58.4 Å². The Balaban J connectivity index is 1.59. The first-order chi connectivity index (χ1) is 11.9. The van der Waals surface area contributed by atoms with Crippen LogP contribution in [0.25, 0.3) is 0 Å². The summed E-state index contributed by atoms with van der Waals surface area (Å²) in [6.45, 7) is 8.58. The Bertz CT molecular complexity index is 802. The van der Waals surface area contributed by atoms with Crippen LogP contribution in [0, 0.1) is 13.8 Å². The lowest BCUT2D eigenvalue weighted by Gasteiger charge is -2.14. The third-order valence-electron chi connectivity index (χ3n) is 4.40. The molecule has 0 fully saturated rings. The zero-order valence-electron chi connectivity index (χ0n) is 15.0. The lowest BCUT2D eigenvalue weighted by Crippen LogP contribution is -2.26. The van der Waals surface area contributed by atoms with Crippen molar-refractivity contribution in [2.75, 3.05) is 5.75 Å². The second-order valence-electron chi connectivity index (χ2n) is 6.43. The summed E-state index contributed by atoms with van der Waals surface area (Å²) in [6, 6.07) is -0.116. The van der Waals surface area contributed by atoms with Crippen LogP contribution in [0.2, 0.25) is 0 Å². The van der Waals surface area contributed by atoms with E-state index in [4.69, 9.17) is 0 Å². The number of hydrogen-bond donors (Lipinski definition) is 1. The summed E-state index contributed by atoms with van der Waals surface area (Å²) in [7, 11) is 0. The molecule has 8 heteroatoms. The molecule has 1 amide bonds. The number of rotatable bonds is 6. The Labute approximate surface area is 151 Å². The molecule has 1 atom stereocenters. The van der Waals surface area contributed by atoms with Crippen LogP contribution >= 0.6 is 11.8 Å². The number of thioether (sulfide) groups is 1. The molecule has 2 aromatic rings. The van der Waals surface area contributed by atoms with Crippen molar-refractivity contribution in [2.24, 2.45) is 0 Å². The van der Waals surface area contributed by atoms with E-state index >= 15 is 0 Å². The van der Waals surface area contributed by atoms with Crippen LogP contribution in [0.1, 0.15) is 53.7 Å². The standard InChI is InChI=1S/C17H23N5O2S/c1-10(22-12(3)16(13(4)23)11(2)20-22)7-15(24)18-8-14-9-21-5-6-25-17(21)19-14/h9-10H,5-8H2,1-4H3,(H,18,24)/t10-/m1/s1. The summed E-state index contributed by atoms with van der Waals surface area (Å²) in [4.78, 5) is 28.5. The van der Waals surface area contributed by atoms with E-state index < -0.39 is 0 Å². The van der Waals surface area contributed by atoms with Crippen molar-refractivity contribution in [3.8, 4) is 0 Å². The predicted octanol–water partition coefficient (Wildman–Crippen LogP) is 2.27. The Hall–Kier alpha value is -2.09. The van der Waals surface area contributed by atoms with Gasteiger partial charge in [0.1, 0.15) is 0 Å². The van der Waals surface area contributed by atoms with Crippen molar-refractivity contribution in [1.29, 1.82) is 0 Å². The highest BCUT2D eigenvalue weighted by Gasteiger charge is 2.20. The maximum Gasteiger partial charge on any atom is 0.222 e. The first kappa shape index (κ1) is 17.7. The molecule has 134 valence electrons. The van der Waals surface area contributed by atoms with Crippen molar-refractivity contribution < 1.29 is 9.59 Å². The summed E-state index contributed by atoms with van der Waals surface area (Å²) < 4.78 is 3.89. The van der Waals surface area contributed by atoms with E-state index in [1.165, 1.54) is 0 Å². The Morgan fingerprint density at radius 2 is 2.16 bits per heavy atom. The molecule has 1 aliphatic heterocycles. The molecule has 0 saturated carbocycles. The molecule has 3 rings (SSSR count). The lowest BCUT2D eigenvalue weighted by atomic mass is 10.1. The zero-order chi connectivity index (χ0) is 18.1. The van der Waals surface area contributed by atoms with E-state index in [2.05, 4.69) is 20.0 Å². The van der Waals surface area contributed by atoms with Crippen molar-refractivity contribution in [3.63, 3.8) is 0 Å². The zero-order valence-corrected chi connectivity index (χ0v) is 15.8. The van der Waals surface area contributed by atoms with Gasteiger partial charge in [0, 0.05) is 30.6 Å². The molecule has 0 bridgehead atoms. The molecule has 3 heterocycles. The average molecular weight is 361 g/mol. The maximum absolute atomic E-state index is 12.3. The minimum atomic E-state index is -0.116. The number of aromatic nitrogens is 4. The molecule has 0 spiro atoms. The fourth-order valence-corrected chi connectivity index (χ4v) is 4.23. The molecule has 1 N–H and O–H groups in total. The van der Waals surface area contributed by atoms with Crippen molar-refractivity contribution in [1.82, 2.24) is 24.6 Å². The molecule has 0 radical (unpaired) electrons. The number of ketones is 1. The van der Waals surface area contributed by atoms with Gasteiger partial charge in [0.15, 0.2) is 10.9 Å². The molecular weight excluding hydrogens is 338 g/mol. The van der Waals surface area contributed by atoms with E-state index in [0.29, 0.717) is 24.2 Å². The lowest BCUT2D eigenvalue weighted by molar-refractivity contribution is -0.122. The molecule has 7 nitrogen and oxygen atoms in total. The highest BCUT2D eigenvalue weighted by atomic mass is 32.2. The van der Waals surface area contributed by atoms with Gasteiger partial charge in [-0.1, -0.05) is 11.8 Å². The Morgan fingerprint density at radius 1 is 1.40 bits per heavy atom. The second kappa shape index (κ2) is 7.03. The predicted molar refractivity (Wildman–Crippen MR) is 95.8 cm³/mol. The summed E-state index contributed by atoms with van der Waals surface area (Å²) in [6.07, 6.45) is 2.31. The monoisotopic (exact) mass is 361 g/mol. The number of carbonyl (C=O) groups excluding carboxylic acids is 2. The van der Waals surface area contributed by atoms with Crippen LogP contribution in [-0.2, 0) is 17.9 Å². The smallest absolute Gasteiger partial charge is 0.222 e. The van der Waals surface area contributed by atoms with Crippen molar-refractivity contribution in [3.05, 3.63) is 28.8 Å². The normalized spacial score (nSPS) is 14.4. The fourth-order valence-electron chi connectivity index (χ4n) is 3.26. The van der Waals surface area contributed by atoms with Gasteiger partial charge >= 0.3 is 0 Å². The van der Waals surface area contributed by atoms with Crippen LogP contribution in [-0.4, -0.2) is 36.8 Å². The minimum absolute atomic E-state index is 0.00334. The van der Waals surface area contributed by atoms with Gasteiger partial charge < -0.3 is 9.88 Å². The Morgan fingerprint density at radius 3 is 2.80 bits per heavy atom. The van der Waals surface area contributed by atoms with Crippen LogP contribution in [0.15, 0.2) is 11.4 Å². The second-order valence-corrected chi connectivity index (χ2v) is 7.50. The number of nitrogens with one attached hydrogen (secondary N) is 1. The fraction of sp³-hybridized carbons (Fsp3) is 0.529. The van der Waals surface area contributed by atoms with Gasteiger partial charge in [0.25, 0.3) is 0 Å². The SMILES string of the molecule is CC(=O)c1c(C)nn([C@H](C)CC(=O)NCc2cn3c(n2)SCC3)c1C. The number of aryl methyl sites for hydroxylation is 2. The van der Waals surface area contributed by atoms with E-state index in [9.17, 15) is 9.59 Å². The molecule has 0 saturated heterocycles. The van der Waals surface area contributed by atoms with Crippen LogP contribution < -0.4 is 5.32 Å². The molecule has 0 aromatic carbocycles. The number of hydrogen-bond acceptors (Lipinski definition) is 5. The van der Waals surface area contributed by atoms with Gasteiger partial charge in [-0.25, -0.2) is 4.98 Å². The van der Waals surface area contributed by atoms with Gasteiger partial charge in [-0.05, 0) is 27.7 Å². The van der Waals surface area contributed by atoms with Gasteiger partial charge in [-0.15, -0.1) is 0 Å². The molecule has 0 aliphatic carbocycles. The molecule has 2 aromatic heterocycles. The van der Waals surface area contributed by atoms with Crippen molar-refractivity contribution >= 4 is 23.5 Å². The number of nitrogens with zero attached hydrogens (tertiary/aromatic N) is 4. The third-order valence-corrected chi connectivity index (χ3v) is 5.37. The van der Waals surface area contributed by atoms with E-state index in [-0.39, 0.29) is 17.7 Å². The van der Waals surface area contributed by atoms with E-state index in [0.717, 1.165) is 28.8 Å². The van der Waals surface area contributed by atoms with Gasteiger partial charge in [0.05, 0.1) is 29.5 Å². The highest BCUT2D eigenvalue weighted by molar-refractivity contribution is 7.99. The quantitative estimate of drug-likeness (QED) is 0.798. The Kier molecular flexibility index (Phi) is 4.99. The first-order valence-electron chi connectivity index (χ1n) is 8.39. The van der Waals surface area contributed by atoms with Crippen LogP contribution in [0.5, 0.6) is 0 Å². The van der Waals surface area contributed by atoms with E-state index in [1.807, 2.05) is 27.0 Å². The molecular formula is C17H23N5O2S. The van der Waals surface area contributed by atoms with Gasteiger partial charge in [-0.3, -0.25) is 14.3 Å². The number of Topliss-reactive ketones (excluding diaryl/α,β-unsaturated/α-hetero) is 1. The van der Waals surface area contributed by atoms with Gasteiger partial charge in [0.2, 0.25) is 5.91 Å². The highest BCUT2D eigenvalue weighted by Crippen LogP contribution is 2.24.